The summed E-state index contributed by atoms with van der Waals surface area (Å²) in [5, 5.41) is 2.28. The SMILES string of the molecule is COc1ccc(-c2nc(C(=O)OCc3cccc(F)c3)cs2)cc1OC. The molecule has 0 N–H and O–H groups in total. The summed E-state index contributed by atoms with van der Waals surface area (Å²) in [5.41, 5.74) is 1.58. The van der Waals surface area contributed by atoms with Crippen LogP contribution in [0.2, 0.25) is 0 Å². The molecule has 134 valence electrons. The van der Waals surface area contributed by atoms with Crippen molar-refractivity contribution in [1.29, 1.82) is 0 Å². The number of benzene rings is 2. The number of rotatable bonds is 6. The van der Waals surface area contributed by atoms with Gasteiger partial charge in [0, 0.05) is 10.9 Å². The number of esters is 1. The first kappa shape index (κ1) is 17.9. The maximum absolute atomic E-state index is 13.2. The van der Waals surface area contributed by atoms with Gasteiger partial charge in [-0.2, -0.15) is 0 Å². The molecule has 0 unspecified atom stereocenters. The lowest BCUT2D eigenvalue weighted by molar-refractivity contribution is 0.0466. The molecule has 3 aromatic rings. The minimum absolute atomic E-state index is 0.0141. The van der Waals surface area contributed by atoms with Crippen LogP contribution in [0, 0.1) is 5.82 Å². The molecule has 3 rings (SSSR count). The number of halogens is 1. The molecule has 0 aliphatic carbocycles. The molecule has 0 spiro atoms. The number of carbonyl (C=O) groups excluding carboxylic acids is 1. The fraction of sp³-hybridized carbons (Fsp3) is 0.158. The highest BCUT2D eigenvalue weighted by Crippen LogP contribution is 2.33. The Balaban J connectivity index is 1.72. The summed E-state index contributed by atoms with van der Waals surface area (Å²) in [6.45, 7) is -0.0141. The fourth-order valence-corrected chi connectivity index (χ4v) is 3.11. The fourth-order valence-electron chi connectivity index (χ4n) is 2.32. The number of nitrogens with zero attached hydrogens (tertiary/aromatic N) is 1. The largest absolute Gasteiger partial charge is 0.493 e. The van der Waals surface area contributed by atoms with Crippen LogP contribution < -0.4 is 9.47 Å². The molecule has 5 nitrogen and oxygen atoms in total. The van der Waals surface area contributed by atoms with Crippen LogP contribution >= 0.6 is 11.3 Å². The summed E-state index contributed by atoms with van der Waals surface area (Å²) >= 11 is 1.32. The van der Waals surface area contributed by atoms with Gasteiger partial charge in [0.25, 0.3) is 0 Å². The van der Waals surface area contributed by atoms with Gasteiger partial charge in [-0.3, -0.25) is 0 Å². The first-order valence-electron chi connectivity index (χ1n) is 7.70. The molecule has 0 amide bonds. The zero-order valence-electron chi connectivity index (χ0n) is 14.2. The maximum Gasteiger partial charge on any atom is 0.358 e. The highest BCUT2D eigenvalue weighted by molar-refractivity contribution is 7.13. The van der Waals surface area contributed by atoms with E-state index in [-0.39, 0.29) is 18.1 Å². The number of methoxy groups -OCH3 is 2. The molecule has 7 heteroatoms. The summed E-state index contributed by atoms with van der Waals surface area (Å²) in [4.78, 5) is 16.5. The van der Waals surface area contributed by atoms with Crippen molar-refractivity contribution in [3.05, 3.63) is 64.9 Å². The number of thiazole rings is 1. The van der Waals surface area contributed by atoms with Gasteiger partial charge in [0.1, 0.15) is 17.4 Å². The second kappa shape index (κ2) is 7.97. The summed E-state index contributed by atoms with van der Waals surface area (Å²) in [7, 11) is 3.12. The van der Waals surface area contributed by atoms with Gasteiger partial charge in [-0.05, 0) is 35.9 Å². The van der Waals surface area contributed by atoms with Crippen molar-refractivity contribution in [2.45, 2.75) is 6.61 Å². The summed E-state index contributed by atoms with van der Waals surface area (Å²) in [5.74, 6) is 0.262. The van der Waals surface area contributed by atoms with Crippen molar-refractivity contribution in [1.82, 2.24) is 4.98 Å². The molecule has 0 bridgehead atoms. The van der Waals surface area contributed by atoms with E-state index in [1.165, 1.54) is 23.5 Å². The van der Waals surface area contributed by atoms with Gasteiger partial charge in [0.05, 0.1) is 14.2 Å². The normalized spacial score (nSPS) is 10.4. The second-order valence-electron chi connectivity index (χ2n) is 5.31. The highest BCUT2D eigenvalue weighted by atomic mass is 32.1. The third-order valence-electron chi connectivity index (χ3n) is 3.60. The van der Waals surface area contributed by atoms with Gasteiger partial charge >= 0.3 is 5.97 Å². The van der Waals surface area contributed by atoms with Crippen molar-refractivity contribution in [3.63, 3.8) is 0 Å². The topological polar surface area (TPSA) is 57.7 Å². The van der Waals surface area contributed by atoms with Crippen LogP contribution in [0.15, 0.2) is 47.8 Å². The Morgan fingerprint density at radius 3 is 2.65 bits per heavy atom. The minimum atomic E-state index is -0.558. The molecule has 2 aromatic carbocycles. The average Bonchev–Trinajstić information content (AvgIpc) is 3.16. The molecular formula is C19H16FNO4S. The van der Waals surface area contributed by atoms with Crippen molar-refractivity contribution >= 4 is 17.3 Å². The lowest BCUT2D eigenvalue weighted by Crippen LogP contribution is -2.05. The number of hydrogen-bond acceptors (Lipinski definition) is 6. The van der Waals surface area contributed by atoms with Crippen LogP contribution in [0.25, 0.3) is 10.6 Å². The molecule has 1 heterocycles. The summed E-state index contributed by atoms with van der Waals surface area (Å²) in [6, 6.07) is 11.3. The smallest absolute Gasteiger partial charge is 0.358 e. The molecule has 0 aliphatic rings. The summed E-state index contributed by atoms with van der Waals surface area (Å²) < 4.78 is 28.8. The van der Waals surface area contributed by atoms with E-state index < -0.39 is 5.97 Å². The van der Waals surface area contributed by atoms with E-state index >= 15 is 0 Å². The van der Waals surface area contributed by atoms with Crippen molar-refractivity contribution in [2.75, 3.05) is 14.2 Å². The Morgan fingerprint density at radius 2 is 1.92 bits per heavy atom. The molecule has 1 aromatic heterocycles. The quantitative estimate of drug-likeness (QED) is 0.602. The number of carbonyl (C=O) groups is 1. The Morgan fingerprint density at radius 1 is 1.12 bits per heavy atom. The molecular weight excluding hydrogens is 357 g/mol. The minimum Gasteiger partial charge on any atom is -0.493 e. The first-order valence-corrected chi connectivity index (χ1v) is 8.58. The second-order valence-corrected chi connectivity index (χ2v) is 6.17. The average molecular weight is 373 g/mol. The lowest BCUT2D eigenvalue weighted by Gasteiger charge is -2.08. The first-order chi connectivity index (χ1) is 12.6. The van der Waals surface area contributed by atoms with E-state index in [1.807, 2.05) is 6.07 Å². The van der Waals surface area contributed by atoms with Gasteiger partial charge < -0.3 is 14.2 Å². The van der Waals surface area contributed by atoms with E-state index in [4.69, 9.17) is 14.2 Å². The Bertz CT molecular complexity index is 925. The zero-order chi connectivity index (χ0) is 18.5. The molecule has 0 saturated heterocycles. The predicted molar refractivity (Wildman–Crippen MR) is 96.2 cm³/mol. The number of aromatic nitrogens is 1. The summed E-state index contributed by atoms with van der Waals surface area (Å²) in [6.07, 6.45) is 0. The molecule has 0 aliphatic heterocycles. The standard InChI is InChI=1S/C19H16FNO4S/c1-23-16-7-6-13(9-17(16)24-2)18-21-15(11-26-18)19(22)25-10-12-4-3-5-14(20)8-12/h3-9,11H,10H2,1-2H3. The Kier molecular flexibility index (Phi) is 5.48. The van der Waals surface area contributed by atoms with Crippen molar-refractivity contribution in [3.8, 4) is 22.1 Å². The maximum atomic E-state index is 13.2. The van der Waals surface area contributed by atoms with Crippen LogP contribution in [0.3, 0.4) is 0 Å². The zero-order valence-corrected chi connectivity index (χ0v) is 15.0. The van der Waals surface area contributed by atoms with E-state index in [0.717, 1.165) is 5.56 Å². The van der Waals surface area contributed by atoms with Gasteiger partial charge in [-0.15, -0.1) is 11.3 Å². The Hall–Kier alpha value is -2.93. The molecule has 0 atom stereocenters. The lowest BCUT2D eigenvalue weighted by atomic mass is 10.2. The Labute approximate surface area is 154 Å². The van der Waals surface area contributed by atoms with Crippen LogP contribution in [-0.2, 0) is 11.3 Å². The van der Waals surface area contributed by atoms with Crippen molar-refractivity contribution < 1.29 is 23.4 Å². The third kappa shape index (κ3) is 4.00. The van der Waals surface area contributed by atoms with Gasteiger partial charge in [-0.1, -0.05) is 12.1 Å². The molecule has 0 radical (unpaired) electrons. The number of ether oxygens (including phenoxy) is 3. The highest BCUT2D eigenvalue weighted by Gasteiger charge is 2.15. The van der Waals surface area contributed by atoms with E-state index in [0.29, 0.717) is 22.1 Å². The van der Waals surface area contributed by atoms with Crippen LogP contribution in [0.4, 0.5) is 4.39 Å². The predicted octanol–water partition coefficient (Wildman–Crippen LogP) is 4.32. The van der Waals surface area contributed by atoms with Gasteiger partial charge in [0.15, 0.2) is 17.2 Å². The number of hydrogen-bond donors (Lipinski definition) is 0. The van der Waals surface area contributed by atoms with Crippen LogP contribution in [-0.4, -0.2) is 25.2 Å². The van der Waals surface area contributed by atoms with E-state index in [1.54, 1.807) is 43.9 Å². The van der Waals surface area contributed by atoms with E-state index in [9.17, 15) is 9.18 Å². The van der Waals surface area contributed by atoms with E-state index in [2.05, 4.69) is 4.98 Å². The van der Waals surface area contributed by atoms with Crippen LogP contribution in [0.1, 0.15) is 16.1 Å². The van der Waals surface area contributed by atoms with Gasteiger partial charge in [-0.25, -0.2) is 14.2 Å². The van der Waals surface area contributed by atoms with Crippen molar-refractivity contribution in [2.24, 2.45) is 0 Å². The van der Waals surface area contributed by atoms with Crippen LogP contribution in [0.5, 0.6) is 11.5 Å². The molecule has 0 saturated carbocycles. The third-order valence-corrected chi connectivity index (χ3v) is 4.49. The molecule has 26 heavy (non-hydrogen) atoms. The molecule has 0 fully saturated rings. The van der Waals surface area contributed by atoms with Gasteiger partial charge in [0.2, 0.25) is 0 Å². The monoisotopic (exact) mass is 373 g/mol.